The minimum atomic E-state index is 0.305. The summed E-state index contributed by atoms with van der Waals surface area (Å²) in [5.41, 5.74) is 3.32. The van der Waals surface area contributed by atoms with E-state index in [0.29, 0.717) is 32.3 Å². The molecule has 0 aliphatic carbocycles. The minimum Gasteiger partial charge on any atom is -0.490 e. The Bertz CT molecular complexity index is 893. The molecule has 4 rings (SSSR count). The molecule has 2 aromatic carbocycles. The van der Waals surface area contributed by atoms with E-state index in [0.717, 1.165) is 67.6 Å². The number of hydrogen-bond donors (Lipinski definition) is 3. The van der Waals surface area contributed by atoms with Crippen LogP contribution >= 0.6 is 0 Å². The summed E-state index contributed by atoms with van der Waals surface area (Å²) in [6.07, 6.45) is 3.00. The molecule has 2 aliphatic heterocycles. The van der Waals surface area contributed by atoms with Crippen molar-refractivity contribution >= 4 is 17.3 Å². The standard InChI is InChI=1S/C25H34N4O3/c1-2-26-25(28-21-6-9-23-24(16-21)32-15-3-14-31-23)27-17-19-4-7-22(8-5-19)29-12-10-20(18-30)11-13-29/h4-9,16,20,30H,2-3,10-15,17-18H2,1H3,(H2,26,27,28). The van der Waals surface area contributed by atoms with Crippen molar-refractivity contribution in [2.75, 3.05) is 49.7 Å². The number of nitrogens with zero attached hydrogens (tertiary/aromatic N) is 2. The molecule has 0 unspecified atom stereocenters. The second kappa shape index (κ2) is 11.1. The normalized spacial score (nSPS) is 17.1. The van der Waals surface area contributed by atoms with Crippen LogP contribution in [0.4, 0.5) is 11.4 Å². The Morgan fingerprint density at radius 1 is 1.06 bits per heavy atom. The van der Waals surface area contributed by atoms with Crippen molar-refractivity contribution in [2.45, 2.75) is 32.7 Å². The molecule has 32 heavy (non-hydrogen) atoms. The summed E-state index contributed by atoms with van der Waals surface area (Å²) in [5.74, 6) is 2.74. The van der Waals surface area contributed by atoms with Crippen molar-refractivity contribution in [1.82, 2.24) is 5.32 Å². The third-order valence-electron chi connectivity index (χ3n) is 5.95. The summed E-state index contributed by atoms with van der Waals surface area (Å²) in [7, 11) is 0. The maximum atomic E-state index is 9.33. The molecule has 1 saturated heterocycles. The summed E-state index contributed by atoms with van der Waals surface area (Å²) in [4.78, 5) is 7.15. The number of benzene rings is 2. The third kappa shape index (κ3) is 5.85. The van der Waals surface area contributed by atoms with Crippen molar-refractivity contribution < 1.29 is 14.6 Å². The zero-order valence-corrected chi connectivity index (χ0v) is 18.8. The number of anilines is 2. The molecule has 1 fully saturated rings. The van der Waals surface area contributed by atoms with Crippen molar-refractivity contribution in [2.24, 2.45) is 10.9 Å². The van der Waals surface area contributed by atoms with Gasteiger partial charge in [0, 0.05) is 50.1 Å². The number of ether oxygens (including phenoxy) is 2. The van der Waals surface area contributed by atoms with Gasteiger partial charge in [0.25, 0.3) is 0 Å². The zero-order chi connectivity index (χ0) is 22.2. The molecule has 7 heteroatoms. The van der Waals surface area contributed by atoms with E-state index in [4.69, 9.17) is 14.5 Å². The van der Waals surface area contributed by atoms with Crippen molar-refractivity contribution in [3.8, 4) is 11.5 Å². The van der Waals surface area contributed by atoms with Crippen LogP contribution in [0, 0.1) is 5.92 Å². The van der Waals surface area contributed by atoms with E-state index in [1.165, 1.54) is 5.69 Å². The van der Waals surface area contributed by atoms with E-state index >= 15 is 0 Å². The number of piperidine rings is 1. The summed E-state index contributed by atoms with van der Waals surface area (Å²) < 4.78 is 11.5. The molecule has 0 bridgehead atoms. The molecular weight excluding hydrogens is 404 g/mol. The zero-order valence-electron chi connectivity index (χ0n) is 18.8. The number of nitrogens with one attached hydrogen (secondary N) is 2. The molecule has 0 atom stereocenters. The van der Waals surface area contributed by atoms with Crippen LogP contribution in [0.25, 0.3) is 0 Å². The number of fused-ring (bicyclic) bond motifs is 1. The SMILES string of the molecule is CCNC(=NCc1ccc(N2CCC(CO)CC2)cc1)Nc1ccc2c(c1)OCCCO2. The highest BCUT2D eigenvalue weighted by Crippen LogP contribution is 2.32. The van der Waals surface area contributed by atoms with Gasteiger partial charge in [-0.3, -0.25) is 0 Å². The Hall–Kier alpha value is -2.93. The Balaban J connectivity index is 1.37. The van der Waals surface area contributed by atoms with Gasteiger partial charge in [-0.2, -0.15) is 0 Å². The second-order valence-electron chi connectivity index (χ2n) is 8.31. The Kier molecular flexibility index (Phi) is 7.72. The number of aliphatic imine (C=N–C) groups is 1. The fourth-order valence-electron chi connectivity index (χ4n) is 4.04. The number of rotatable bonds is 6. The molecule has 7 nitrogen and oxygen atoms in total. The monoisotopic (exact) mass is 438 g/mol. The highest BCUT2D eigenvalue weighted by Gasteiger charge is 2.18. The Morgan fingerprint density at radius 3 is 2.53 bits per heavy atom. The molecule has 0 aromatic heterocycles. The lowest BCUT2D eigenvalue weighted by Gasteiger charge is -2.32. The van der Waals surface area contributed by atoms with Gasteiger partial charge in [0.05, 0.1) is 19.8 Å². The summed E-state index contributed by atoms with van der Waals surface area (Å²) in [5, 5.41) is 16.0. The summed E-state index contributed by atoms with van der Waals surface area (Å²) in [6.45, 7) is 7.09. The van der Waals surface area contributed by atoms with Gasteiger partial charge in [0.15, 0.2) is 17.5 Å². The first-order chi connectivity index (χ1) is 15.7. The number of aliphatic hydroxyl groups is 1. The van der Waals surface area contributed by atoms with Gasteiger partial charge in [-0.1, -0.05) is 12.1 Å². The Labute approximate surface area is 190 Å². The molecule has 2 heterocycles. The van der Waals surface area contributed by atoms with Gasteiger partial charge in [-0.15, -0.1) is 0 Å². The molecule has 2 aromatic rings. The van der Waals surface area contributed by atoms with Crippen LogP contribution in [0.3, 0.4) is 0 Å². The smallest absolute Gasteiger partial charge is 0.196 e. The maximum Gasteiger partial charge on any atom is 0.196 e. The van der Waals surface area contributed by atoms with Gasteiger partial charge >= 0.3 is 0 Å². The van der Waals surface area contributed by atoms with Crippen molar-refractivity contribution in [1.29, 1.82) is 0 Å². The molecule has 172 valence electrons. The minimum absolute atomic E-state index is 0.305. The van der Waals surface area contributed by atoms with E-state index in [1.54, 1.807) is 0 Å². The first-order valence-corrected chi connectivity index (χ1v) is 11.6. The average molecular weight is 439 g/mol. The number of aliphatic hydroxyl groups excluding tert-OH is 1. The predicted molar refractivity (Wildman–Crippen MR) is 129 cm³/mol. The van der Waals surface area contributed by atoms with Crippen molar-refractivity contribution in [3.63, 3.8) is 0 Å². The molecule has 0 saturated carbocycles. The lowest BCUT2D eigenvalue weighted by atomic mass is 9.97. The summed E-state index contributed by atoms with van der Waals surface area (Å²) >= 11 is 0. The van der Waals surface area contributed by atoms with Crippen LogP contribution in [-0.2, 0) is 6.54 Å². The lowest BCUT2D eigenvalue weighted by Crippen LogP contribution is -2.34. The highest BCUT2D eigenvalue weighted by atomic mass is 16.5. The van der Waals surface area contributed by atoms with Crippen LogP contribution < -0.4 is 25.0 Å². The molecule has 3 N–H and O–H groups in total. The number of guanidine groups is 1. The quantitative estimate of drug-likeness (QED) is 0.472. The predicted octanol–water partition coefficient (Wildman–Crippen LogP) is 3.63. The van der Waals surface area contributed by atoms with Crippen LogP contribution in [-0.4, -0.2) is 50.5 Å². The van der Waals surface area contributed by atoms with Gasteiger partial charge in [-0.05, 0) is 55.5 Å². The summed E-state index contributed by atoms with van der Waals surface area (Å²) in [6, 6.07) is 14.5. The van der Waals surface area contributed by atoms with E-state index < -0.39 is 0 Å². The highest BCUT2D eigenvalue weighted by molar-refractivity contribution is 5.93. The van der Waals surface area contributed by atoms with E-state index in [1.807, 2.05) is 18.2 Å². The molecule has 2 aliphatic rings. The van der Waals surface area contributed by atoms with E-state index in [2.05, 4.69) is 46.7 Å². The topological polar surface area (TPSA) is 78.4 Å². The van der Waals surface area contributed by atoms with Crippen LogP contribution in [0.15, 0.2) is 47.5 Å². The second-order valence-corrected chi connectivity index (χ2v) is 8.31. The molecule has 0 radical (unpaired) electrons. The van der Waals surface area contributed by atoms with Crippen LogP contribution in [0.1, 0.15) is 31.7 Å². The van der Waals surface area contributed by atoms with Gasteiger partial charge < -0.3 is 30.1 Å². The van der Waals surface area contributed by atoms with Crippen LogP contribution in [0.5, 0.6) is 11.5 Å². The molecular formula is C25H34N4O3. The van der Waals surface area contributed by atoms with Crippen LogP contribution in [0.2, 0.25) is 0 Å². The molecule has 0 spiro atoms. The lowest BCUT2D eigenvalue weighted by molar-refractivity contribution is 0.203. The third-order valence-corrected chi connectivity index (χ3v) is 5.95. The fourth-order valence-corrected chi connectivity index (χ4v) is 4.04. The van der Waals surface area contributed by atoms with Crippen molar-refractivity contribution in [3.05, 3.63) is 48.0 Å². The first-order valence-electron chi connectivity index (χ1n) is 11.6. The largest absolute Gasteiger partial charge is 0.490 e. The fraction of sp³-hybridized carbons (Fsp3) is 0.480. The first kappa shape index (κ1) is 22.3. The van der Waals surface area contributed by atoms with E-state index in [-0.39, 0.29) is 0 Å². The van der Waals surface area contributed by atoms with Gasteiger partial charge in [-0.25, -0.2) is 4.99 Å². The van der Waals surface area contributed by atoms with Gasteiger partial charge in [0.2, 0.25) is 0 Å². The Morgan fingerprint density at radius 2 is 1.81 bits per heavy atom. The van der Waals surface area contributed by atoms with Gasteiger partial charge in [0.1, 0.15) is 0 Å². The average Bonchev–Trinajstić information content (AvgIpc) is 3.08. The van der Waals surface area contributed by atoms with E-state index in [9.17, 15) is 5.11 Å². The number of hydrogen-bond acceptors (Lipinski definition) is 5. The molecule has 0 amide bonds. The maximum absolute atomic E-state index is 9.33.